The molecule has 0 spiro atoms. The number of hydrogen-bond acceptors (Lipinski definition) is 4. The van der Waals surface area contributed by atoms with Gasteiger partial charge in [-0.05, 0) is 19.3 Å². The number of nitrogens with one attached hydrogen (secondary N) is 2. The summed E-state index contributed by atoms with van der Waals surface area (Å²) in [6.07, 6.45) is 2.37. The fraction of sp³-hybridized carbons (Fsp3) is 0.692. The smallest absolute Gasteiger partial charge is 0.407 e. The van der Waals surface area contributed by atoms with Crippen LogP contribution in [-0.4, -0.2) is 48.0 Å². The van der Waals surface area contributed by atoms with Gasteiger partial charge in [0, 0.05) is 12.5 Å². The number of amides is 2. The van der Waals surface area contributed by atoms with Gasteiger partial charge < -0.3 is 20.9 Å². The quantitative estimate of drug-likeness (QED) is 0.289. The predicted molar refractivity (Wildman–Crippen MR) is 73.6 cm³/mol. The van der Waals surface area contributed by atoms with Gasteiger partial charge >= 0.3 is 12.3 Å². The molecule has 1 aliphatic rings. The summed E-state index contributed by atoms with van der Waals surface area (Å²) in [5.41, 5.74) is 8.43. The van der Waals surface area contributed by atoms with Crippen LogP contribution in [0.2, 0.25) is 0 Å². The molecule has 0 aromatic carbocycles. The number of unbranched alkanes of at least 4 members (excludes halogenated alkanes) is 1. The van der Waals surface area contributed by atoms with Crippen LogP contribution in [0.15, 0.2) is 0 Å². The number of carbonyl (C=O) groups is 3. The molecule has 0 radical (unpaired) electrons. The summed E-state index contributed by atoms with van der Waals surface area (Å²) in [6.45, 7) is 2.78. The Kier molecular flexibility index (Phi) is 7.11. The van der Waals surface area contributed by atoms with Gasteiger partial charge in [0.2, 0.25) is 5.91 Å². The first-order chi connectivity index (χ1) is 10.1. The van der Waals surface area contributed by atoms with E-state index in [1.807, 2.05) is 6.92 Å². The molecule has 2 N–H and O–H groups in total. The molecule has 0 unspecified atom stereocenters. The average Bonchev–Trinajstić information content (AvgIpc) is 2.84. The lowest BCUT2D eigenvalue weighted by Crippen LogP contribution is -2.44. The van der Waals surface area contributed by atoms with Crippen molar-refractivity contribution in [3.8, 4) is 0 Å². The minimum Gasteiger partial charge on any atom is -0.450 e. The first-order valence-electron chi connectivity index (χ1n) is 7.00. The number of nitrogens with zero attached hydrogens (tertiary/aromatic N) is 2. The van der Waals surface area contributed by atoms with Crippen LogP contribution >= 0.6 is 0 Å². The second-order valence-electron chi connectivity index (χ2n) is 4.85. The molecule has 0 bridgehead atoms. The summed E-state index contributed by atoms with van der Waals surface area (Å²) in [7, 11) is 0. The molecule has 2 atom stereocenters. The zero-order valence-corrected chi connectivity index (χ0v) is 12.0. The number of ketones is 1. The van der Waals surface area contributed by atoms with Crippen molar-refractivity contribution in [3.63, 3.8) is 0 Å². The molecule has 1 saturated heterocycles. The molecular weight excluding hydrogens is 276 g/mol. The lowest BCUT2D eigenvalue weighted by molar-refractivity contribution is -0.123. The minimum atomic E-state index is -0.941. The van der Waals surface area contributed by atoms with E-state index in [1.165, 1.54) is 0 Å². The van der Waals surface area contributed by atoms with Gasteiger partial charge in [-0.15, -0.1) is 0 Å². The monoisotopic (exact) mass is 296 g/mol. The highest BCUT2D eigenvalue weighted by Gasteiger charge is 2.32. The van der Waals surface area contributed by atoms with Crippen LogP contribution in [0, 0.1) is 5.92 Å². The van der Waals surface area contributed by atoms with Gasteiger partial charge in [0.25, 0.3) is 5.78 Å². The normalized spacial score (nSPS) is 18.3. The lowest BCUT2D eigenvalue weighted by atomic mass is 9.96. The van der Waals surface area contributed by atoms with Crippen molar-refractivity contribution in [2.75, 3.05) is 13.2 Å². The molecule has 1 heterocycles. The van der Waals surface area contributed by atoms with E-state index in [2.05, 4.69) is 15.4 Å². The maximum Gasteiger partial charge on any atom is 0.407 e. The van der Waals surface area contributed by atoms with Crippen LogP contribution < -0.4 is 10.6 Å². The van der Waals surface area contributed by atoms with E-state index in [-0.39, 0.29) is 24.9 Å². The van der Waals surface area contributed by atoms with Gasteiger partial charge in [0.1, 0.15) is 6.04 Å². The molecule has 0 aromatic heterocycles. The highest BCUT2D eigenvalue weighted by molar-refractivity contribution is 6.28. The maximum atomic E-state index is 11.8. The fourth-order valence-corrected chi connectivity index (χ4v) is 2.04. The van der Waals surface area contributed by atoms with E-state index in [0.29, 0.717) is 19.2 Å². The molecule has 1 fully saturated rings. The molecule has 0 aromatic rings. The molecule has 116 valence electrons. The number of hydrogen-bond donors (Lipinski definition) is 2. The van der Waals surface area contributed by atoms with E-state index in [9.17, 15) is 14.4 Å². The fourth-order valence-electron chi connectivity index (χ4n) is 2.04. The molecule has 21 heavy (non-hydrogen) atoms. The number of carbonyl (C=O) groups excluding carboxylic acids is 3. The molecule has 0 aliphatic carbocycles. The molecule has 8 nitrogen and oxygen atoms in total. The van der Waals surface area contributed by atoms with Gasteiger partial charge in [-0.2, -0.15) is 4.79 Å². The minimum absolute atomic E-state index is 0.144. The SMILES string of the molecule is CCCCOC(=O)N[C@@H](C[C@@H]1CCNC1=O)C(=O)C=[N+]=[N-]. The molecule has 1 aliphatic heterocycles. The van der Waals surface area contributed by atoms with E-state index >= 15 is 0 Å². The van der Waals surface area contributed by atoms with E-state index in [0.717, 1.165) is 12.8 Å². The highest BCUT2D eigenvalue weighted by Crippen LogP contribution is 2.16. The standard InChI is InChI=1S/C13H20N4O4/c1-2-3-6-21-13(20)17-10(11(18)8-16-14)7-9-4-5-15-12(9)19/h8-10H,2-7H2,1H3,(H,15,19)(H,17,20)/t9-,10-/m0/s1. The highest BCUT2D eigenvalue weighted by atomic mass is 16.5. The van der Waals surface area contributed by atoms with Crippen LogP contribution in [0.4, 0.5) is 4.79 Å². The molecule has 8 heteroatoms. The second kappa shape index (κ2) is 8.86. The van der Waals surface area contributed by atoms with E-state index in [4.69, 9.17) is 10.3 Å². The number of Topliss-reactive ketones (excluding diaryl/α,β-unsaturated/α-hetero) is 1. The summed E-state index contributed by atoms with van der Waals surface area (Å²) < 4.78 is 4.92. The number of rotatable bonds is 8. The Labute approximate surface area is 122 Å². The lowest BCUT2D eigenvalue weighted by Gasteiger charge is -2.17. The van der Waals surface area contributed by atoms with Crippen molar-refractivity contribution >= 4 is 24.0 Å². The second-order valence-corrected chi connectivity index (χ2v) is 4.85. The summed E-state index contributed by atoms with van der Waals surface area (Å²) in [5.74, 6) is -1.07. The number of ether oxygens (including phenoxy) is 1. The van der Waals surface area contributed by atoms with Crippen LogP contribution in [0.5, 0.6) is 0 Å². The first-order valence-corrected chi connectivity index (χ1v) is 7.00. The maximum absolute atomic E-state index is 11.8. The third kappa shape index (κ3) is 5.74. The van der Waals surface area contributed by atoms with Gasteiger partial charge in [-0.1, -0.05) is 13.3 Å². The van der Waals surface area contributed by atoms with Crippen molar-refractivity contribution in [1.82, 2.24) is 10.6 Å². The van der Waals surface area contributed by atoms with Gasteiger partial charge in [0.15, 0.2) is 0 Å². The van der Waals surface area contributed by atoms with Crippen LogP contribution in [-0.2, 0) is 14.3 Å². The van der Waals surface area contributed by atoms with Crippen LogP contribution in [0.3, 0.4) is 0 Å². The van der Waals surface area contributed by atoms with E-state index in [1.54, 1.807) is 0 Å². The van der Waals surface area contributed by atoms with Gasteiger partial charge in [-0.3, -0.25) is 9.59 Å². The zero-order chi connectivity index (χ0) is 15.7. The third-order valence-corrected chi connectivity index (χ3v) is 3.23. The van der Waals surface area contributed by atoms with Crippen molar-refractivity contribution in [1.29, 1.82) is 0 Å². The van der Waals surface area contributed by atoms with E-state index < -0.39 is 17.9 Å². The molecular formula is C13H20N4O4. The number of alkyl carbamates (subject to hydrolysis) is 1. The predicted octanol–water partition coefficient (Wildman–Crippen LogP) is 0.277. The Bertz CT molecular complexity index is 445. The Balaban J connectivity index is 2.59. The molecule has 0 saturated carbocycles. The molecule has 1 rings (SSSR count). The summed E-state index contributed by atoms with van der Waals surface area (Å²) in [4.78, 5) is 37.6. The van der Waals surface area contributed by atoms with Gasteiger partial charge in [0.05, 0.1) is 6.61 Å². The Morgan fingerprint density at radius 1 is 1.62 bits per heavy atom. The Hall–Kier alpha value is -2.21. The Morgan fingerprint density at radius 2 is 2.38 bits per heavy atom. The van der Waals surface area contributed by atoms with Crippen molar-refractivity contribution in [2.45, 2.75) is 38.6 Å². The van der Waals surface area contributed by atoms with Crippen molar-refractivity contribution < 1.29 is 23.9 Å². The largest absolute Gasteiger partial charge is 0.450 e. The average molecular weight is 296 g/mol. The molecule has 2 amide bonds. The summed E-state index contributed by atoms with van der Waals surface area (Å²) in [5, 5.41) is 5.08. The third-order valence-electron chi connectivity index (χ3n) is 3.23. The van der Waals surface area contributed by atoms with Crippen molar-refractivity contribution in [3.05, 3.63) is 5.53 Å². The first kappa shape index (κ1) is 16.8. The van der Waals surface area contributed by atoms with Gasteiger partial charge in [-0.25, -0.2) is 4.79 Å². The van der Waals surface area contributed by atoms with Crippen LogP contribution in [0.1, 0.15) is 32.6 Å². The zero-order valence-electron chi connectivity index (χ0n) is 12.0. The summed E-state index contributed by atoms with van der Waals surface area (Å²) in [6, 6.07) is -0.941. The topological polar surface area (TPSA) is 121 Å². The van der Waals surface area contributed by atoms with Crippen molar-refractivity contribution in [2.24, 2.45) is 5.92 Å². The van der Waals surface area contributed by atoms with Crippen LogP contribution in [0.25, 0.3) is 5.53 Å². The Morgan fingerprint density at radius 3 is 2.95 bits per heavy atom. The summed E-state index contributed by atoms with van der Waals surface area (Å²) >= 11 is 0.